The maximum Gasteiger partial charge on any atom is 0.155 e. The molecule has 76 valence electrons. The van der Waals surface area contributed by atoms with Crippen LogP contribution in [0.15, 0.2) is 9.66 Å². The highest BCUT2D eigenvalue weighted by molar-refractivity contribution is 14.1. The van der Waals surface area contributed by atoms with Gasteiger partial charge in [-0.1, -0.05) is 45.1 Å². The summed E-state index contributed by atoms with van der Waals surface area (Å²) in [6, 6.07) is 0. The molecule has 0 aromatic rings. The highest BCUT2D eigenvalue weighted by atomic mass is 127. The zero-order valence-corrected chi connectivity index (χ0v) is 10.5. The van der Waals surface area contributed by atoms with Crippen LogP contribution in [0.5, 0.6) is 0 Å². The molecule has 0 aliphatic rings. The standard InChI is InChI=1S/C11H19IO/c1-2-3-4-5-6-7-8-9-11(12)10-13/h9-10H,2-8H2,1H3. The van der Waals surface area contributed by atoms with E-state index in [9.17, 15) is 4.79 Å². The molecule has 1 nitrogen and oxygen atoms in total. The van der Waals surface area contributed by atoms with Crippen LogP contribution in [0, 0.1) is 0 Å². The molecule has 0 bridgehead atoms. The third-order valence-electron chi connectivity index (χ3n) is 2.01. The van der Waals surface area contributed by atoms with Crippen molar-refractivity contribution >= 4 is 28.9 Å². The summed E-state index contributed by atoms with van der Waals surface area (Å²) in [6.45, 7) is 2.23. The van der Waals surface area contributed by atoms with Gasteiger partial charge in [0.2, 0.25) is 0 Å². The van der Waals surface area contributed by atoms with E-state index in [-0.39, 0.29) is 0 Å². The molecule has 0 atom stereocenters. The average Bonchev–Trinajstić information content (AvgIpc) is 2.16. The summed E-state index contributed by atoms with van der Waals surface area (Å²) in [5, 5.41) is 0. The summed E-state index contributed by atoms with van der Waals surface area (Å²) < 4.78 is 0.839. The fraction of sp³-hybridized carbons (Fsp3) is 0.727. The number of halogens is 1. The molecule has 0 aromatic carbocycles. The average molecular weight is 294 g/mol. The lowest BCUT2D eigenvalue weighted by Crippen LogP contribution is -1.78. The minimum absolute atomic E-state index is 0.839. The molecular weight excluding hydrogens is 275 g/mol. The van der Waals surface area contributed by atoms with Gasteiger partial charge in [-0.05, 0) is 35.4 Å². The van der Waals surface area contributed by atoms with Crippen LogP contribution in [0.1, 0.15) is 51.9 Å². The Kier molecular flexibility index (Phi) is 10.3. The zero-order valence-electron chi connectivity index (χ0n) is 8.39. The molecule has 0 rings (SSSR count). The summed E-state index contributed by atoms with van der Waals surface area (Å²) in [7, 11) is 0. The van der Waals surface area contributed by atoms with Crippen molar-refractivity contribution < 1.29 is 4.79 Å². The van der Waals surface area contributed by atoms with Gasteiger partial charge < -0.3 is 0 Å². The van der Waals surface area contributed by atoms with Crippen molar-refractivity contribution in [3.8, 4) is 0 Å². The number of carbonyl (C=O) groups excluding carboxylic acids is 1. The van der Waals surface area contributed by atoms with Crippen LogP contribution in [-0.4, -0.2) is 6.29 Å². The van der Waals surface area contributed by atoms with Crippen LogP contribution in [0.25, 0.3) is 0 Å². The maximum absolute atomic E-state index is 10.2. The van der Waals surface area contributed by atoms with Gasteiger partial charge >= 0.3 is 0 Å². The number of rotatable bonds is 8. The molecule has 2 heteroatoms. The molecule has 0 N–H and O–H groups in total. The van der Waals surface area contributed by atoms with E-state index < -0.39 is 0 Å². The third-order valence-corrected chi connectivity index (χ3v) is 2.70. The van der Waals surface area contributed by atoms with Crippen molar-refractivity contribution in [1.29, 1.82) is 0 Å². The van der Waals surface area contributed by atoms with Gasteiger partial charge in [-0.25, -0.2) is 0 Å². The van der Waals surface area contributed by atoms with E-state index in [1.54, 1.807) is 0 Å². The first-order chi connectivity index (χ1) is 6.31. The SMILES string of the molecule is CCCCCCCCC=C(I)C=O. The lowest BCUT2D eigenvalue weighted by Gasteiger charge is -1.97. The highest BCUT2D eigenvalue weighted by Crippen LogP contribution is 2.09. The molecule has 0 saturated carbocycles. The van der Waals surface area contributed by atoms with Crippen LogP contribution in [0.2, 0.25) is 0 Å². The topological polar surface area (TPSA) is 17.1 Å². The van der Waals surface area contributed by atoms with E-state index in [0.29, 0.717) is 0 Å². The molecule has 0 saturated heterocycles. The van der Waals surface area contributed by atoms with Crippen molar-refractivity contribution in [1.82, 2.24) is 0 Å². The molecule has 0 aliphatic carbocycles. The first-order valence-corrected chi connectivity index (χ1v) is 6.20. The van der Waals surface area contributed by atoms with E-state index in [2.05, 4.69) is 29.5 Å². The van der Waals surface area contributed by atoms with Crippen molar-refractivity contribution in [2.45, 2.75) is 51.9 Å². The molecule has 0 fully saturated rings. The lowest BCUT2D eigenvalue weighted by molar-refractivity contribution is -0.104. The van der Waals surface area contributed by atoms with Gasteiger partial charge in [-0.15, -0.1) is 0 Å². The van der Waals surface area contributed by atoms with Gasteiger partial charge in [0.05, 0.1) is 0 Å². The Morgan fingerprint density at radius 2 is 1.77 bits per heavy atom. The highest BCUT2D eigenvalue weighted by Gasteiger charge is 1.89. The summed E-state index contributed by atoms with van der Waals surface area (Å²) in [5.74, 6) is 0. The fourth-order valence-electron chi connectivity index (χ4n) is 1.21. The Labute approximate surface area is 95.1 Å². The van der Waals surface area contributed by atoms with E-state index >= 15 is 0 Å². The first kappa shape index (κ1) is 13.1. The van der Waals surface area contributed by atoms with Gasteiger partial charge in [-0.3, -0.25) is 4.79 Å². The molecular formula is C11H19IO. The number of unbranched alkanes of at least 4 members (excludes halogenated alkanes) is 6. The second-order valence-corrected chi connectivity index (χ2v) is 4.51. The predicted molar refractivity (Wildman–Crippen MR) is 66.2 cm³/mol. The van der Waals surface area contributed by atoms with Crippen LogP contribution in [0.4, 0.5) is 0 Å². The molecule has 13 heavy (non-hydrogen) atoms. The second-order valence-electron chi connectivity index (χ2n) is 3.26. The van der Waals surface area contributed by atoms with Crippen LogP contribution in [0.3, 0.4) is 0 Å². The molecule has 0 aromatic heterocycles. The fourth-order valence-corrected chi connectivity index (χ4v) is 1.52. The number of aldehydes is 1. The molecule has 0 spiro atoms. The Morgan fingerprint density at radius 3 is 2.38 bits per heavy atom. The monoisotopic (exact) mass is 294 g/mol. The lowest BCUT2D eigenvalue weighted by atomic mass is 10.1. The number of allylic oxidation sites excluding steroid dienone is 2. The molecule has 0 radical (unpaired) electrons. The smallest absolute Gasteiger partial charge is 0.155 e. The minimum Gasteiger partial charge on any atom is -0.297 e. The van der Waals surface area contributed by atoms with Crippen LogP contribution >= 0.6 is 22.6 Å². The number of hydrogen-bond donors (Lipinski definition) is 0. The van der Waals surface area contributed by atoms with Gasteiger partial charge in [-0.2, -0.15) is 0 Å². The van der Waals surface area contributed by atoms with Gasteiger partial charge in [0.25, 0.3) is 0 Å². The Hall–Kier alpha value is 0.140. The van der Waals surface area contributed by atoms with Crippen molar-refractivity contribution in [3.05, 3.63) is 9.66 Å². The van der Waals surface area contributed by atoms with E-state index in [4.69, 9.17) is 0 Å². The number of hydrogen-bond acceptors (Lipinski definition) is 1. The Balaban J connectivity index is 3.12. The van der Waals surface area contributed by atoms with E-state index in [1.165, 1.54) is 38.5 Å². The normalized spacial score (nSPS) is 11.7. The largest absolute Gasteiger partial charge is 0.297 e. The molecule has 0 heterocycles. The molecule has 0 amide bonds. The van der Waals surface area contributed by atoms with Crippen molar-refractivity contribution in [2.24, 2.45) is 0 Å². The molecule has 0 unspecified atom stereocenters. The number of carbonyl (C=O) groups is 1. The summed E-state index contributed by atoms with van der Waals surface area (Å²) >= 11 is 2.07. The zero-order chi connectivity index (χ0) is 9.94. The summed E-state index contributed by atoms with van der Waals surface area (Å²) in [6.07, 6.45) is 11.9. The maximum atomic E-state index is 10.2. The first-order valence-electron chi connectivity index (χ1n) is 5.12. The van der Waals surface area contributed by atoms with Crippen molar-refractivity contribution in [3.63, 3.8) is 0 Å². The van der Waals surface area contributed by atoms with E-state index in [1.807, 2.05) is 6.08 Å². The predicted octanol–water partition coefficient (Wildman–Crippen LogP) is 4.25. The third kappa shape index (κ3) is 10.1. The van der Waals surface area contributed by atoms with Gasteiger partial charge in [0, 0.05) is 3.58 Å². The van der Waals surface area contributed by atoms with Gasteiger partial charge in [0.1, 0.15) is 0 Å². The quantitative estimate of drug-likeness (QED) is 0.283. The summed E-state index contributed by atoms with van der Waals surface area (Å²) in [4.78, 5) is 10.2. The Morgan fingerprint density at radius 1 is 1.15 bits per heavy atom. The second kappa shape index (κ2) is 10.2. The van der Waals surface area contributed by atoms with Gasteiger partial charge in [0.15, 0.2) is 6.29 Å². The van der Waals surface area contributed by atoms with E-state index in [0.717, 1.165) is 16.3 Å². The van der Waals surface area contributed by atoms with Crippen LogP contribution < -0.4 is 0 Å². The Bertz CT molecular complexity index is 152. The van der Waals surface area contributed by atoms with Crippen LogP contribution in [-0.2, 0) is 4.79 Å². The molecule has 0 aliphatic heterocycles. The van der Waals surface area contributed by atoms with Crippen molar-refractivity contribution in [2.75, 3.05) is 0 Å². The summed E-state index contributed by atoms with van der Waals surface area (Å²) in [5.41, 5.74) is 0. The minimum atomic E-state index is 0.839.